The van der Waals surface area contributed by atoms with Crippen molar-refractivity contribution in [2.24, 2.45) is 0 Å². The van der Waals surface area contributed by atoms with Crippen molar-refractivity contribution in [2.75, 3.05) is 6.54 Å². The Kier molecular flexibility index (Phi) is 11.4. The van der Waals surface area contributed by atoms with E-state index in [0.717, 1.165) is 16.7 Å². The number of sulfonamides is 1. The molecular weight excluding hydrogens is 605 g/mol. The molecule has 2 amide bonds. The molecule has 4 aromatic carbocycles. The second-order valence-electron chi connectivity index (χ2n) is 9.92. The van der Waals surface area contributed by atoms with Crippen LogP contribution in [-0.2, 0) is 39.1 Å². The van der Waals surface area contributed by atoms with Crippen molar-refractivity contribution in [3.63, 3.8) is 0 Å². The highest BCUT2D eigenvalue weighted by Crippen LogP contribution is 2.26. The normalized spacial score (nSPS) is 12.0. The standard InChI is InChI=1S/C33H33Cl2N3O4S/c1-2-37-43(41,42)29-19-14-24(15-20-29)16-21-31(39)38(23-25-12-17-28(34)18-13-25)32(26-8-4-3-5-9-26)33(40)36-22-27-10-6-7-11-30(27)35/h3-15,17-20,32,37H,2,16,21-23H2,1H3,(H,36,40)/t32-/m0/s1. The zero-order valence-electron chi connectivity index (χ0n) is 23.7. The number of nitrogens with one attached hydrogen (secondary N) is 2. The van der Waals surface area contributed by atoms with Crippen LogP contribution in [-0.4, -0.2) is 31.7 Å². The van der Waals surface area contributed by atoms with E-state index in [9.17, 15) is 18.0 Å². The maximum atomic E-state index is 13.9. The first-order valence-corrected chi connectivity index (χ1v) is 16.1. The van der Waals surface area contributed by atoms with Crippen molar-refractivity contribution in [1.82, 2.24) is 14.9 Å². The molecule has 43 heavy (non-hydrogen) atoms. The number of amides is 2. The second-order valence-corrected chi connectivity index (χ2v) is 12.5. The van der Waals surface area contributed by atoms with Crippen LogP contribution < -0.4 is 10.0 Å². The molecule has 0 spiro atoms. The molecule has 1 atom stereocenters. The maximum Gasteiger partial charge on any atom is 0.247 e. The summed E-state index contributed by atoms with van der Waals surface area (Å²) in [6.07, 6.45) is 0.467. The molecule has 0 saturated carbocycles. The van der Waals surface area contributed by atoms with E-state index in [2.05, 4.69) is 10.0 Å². The van der Waals surface area contributed by atoms with Crippen LogP contribution in [0.1, 0.15) is 41.6 Å². The van der Waals surface area contributed by atoms with Crippen LogP contribution in [0.25, 0.3) is 0 Å². The highest BCUT2D eigenvalue weighted by Gasteiger charge is 2.31. The topological polar surface area (TPSA) is 95.6 Å². The summed E-state index contributed by atoms with van der Waals surface area (Å²) in [6.45, 7) is 2.38. The number of hydrogen-bond donors (Lipinski definition) is 2. The van der Waals surface area contributed by atoms with Crippen molar-refractivity contribution < 1.29 is 18.0 Å². The largest absolute Gasteiger partial charge is 0.350 e. The van der Waals surface area contributed by atoms with Crippen molar-refractivity contribution in [3.05, 3.63) is 135 Å². The third-order valence-corrected chi connectivity index (χ3v) is 9.05. The molecule has 224 valence electrons. The first-order chi connectivity index (χ1) is 20.7. The van der Waals surface area contributed by atoms with Crippen molar-refractivity contribution in [2.45, 2.75) is 43.8 Å². The Labute approximate surface area is 262 Å². The summed E-state index contributed by atoms with van der Waals surface area (Å²) >= 11 is 12.4. The molecule has 0 heterocycles. The number of halogens is 2. The van der Waals surface area contributed by atoms with E-state index in [1.807, 2.05) is 60.7 Å². The fourth-order valence-corrected chi connectivity index (χ4v) is 6.01. The number of carbonyl (C=O) groups is 2. The molecule has 0 aliphatic heterocycles. The molecule has 2 N–H and O–H groups in total. The van der Waals surface area contributed by atoms with E-state index in [-0.39, 0.29) is 42.8 Å². The maximum absolute atomic E-state index is 13.9. The molecule has 0 aliphatic carbocycles. The third kappa shape index (κ3) is 8.91. The van der Waals surface area contributed by atoms with Crippen LogP contribution in [0.5, 0.6) is 0 Å². The van der Waals surface area contributed by atoms with Crippen LogP contribution >= 0.6 is 23.2 Å². The molecule has 0 unspecified atom stereocenters. The van der Waals surface area contributed by atoms with Gasteiger partial charge in [-0.2, -0.15) is 0 Å². The van der Waals surface area contributed by atoms with E-state index in [4.69, 9.17) is 23.2 Å². The third-order valence-electron chi connectivity index (χ3n) is 6.87. The van der Waals surface area contributed by atoms with Gasteiger partial charge in [0.05, 0.1) is 4.90 Å². The first kappa shape index (κ1) is 32.2. The summed E-state index contributed by atoms with van der Waals surface area (Å²) in [7, 11) is -3.58. The smallest absolute Gasteiger partial charge is 0.247 e. The Morgan fingerprint density at radius 1 is 0.814 bits per heavy atom. The molecule has 7 nitrogen and oxygen atoms in total. The van der Waals surface area contributed by atoms with Gasteiger partial charge in [-0.05, 0) is 59.0 Å². The van der Waals surface area contributed by atoms with Gasteiger partial charge in [0, 0.05) is 36.1 Å². The zero-order chi connectivity index (χ0) is 30.8. The van der Waals surface area contributed by atoms with Gasteiger partial charge in [0.15, 0.2) is 0 Å². The van der Waals surface area contributed by atoms with E-state index in [0.29, 0.717) is 22.0 Å². The van der Waals surface area contributed by atoms with Gasteiger partial charge in [0.1, 0.15) is 6.04 Å². The average molecular weight is 639 g/mol. The minimum atomic E-state index is -3.58. The Morgan fingerprint density at radius 3 is 2.09 bits per heavy atom. The molecule has 0 aromatic heterocycles. The summed E-state index contributed by atoms with van der Waals surface area (Å²) < 4.78 is 27.1. The SMILES string of the molecule is CCNS(=O)(=O)c1ccc(CCC(=O)N(Cc2ccc(Cl)cc2)[C@H](C(=O)NCc2ccccc2Cl)c2ccccc2)cc1. The van der Waals surface area contributed by atoms with Gasteiger partial charge in [-0.3, -0.25) is 9.59 Å². The van der Waals surface area contributed by atoms with Gasteiger partial charge < -0.3 is 10.2 Å². The predicted octanol–water partition coefficient (Wildman–Crippen LogP) is 6.31. The lowest BCUT2D eigenvalue weighted by molar-refractivity contribution is -0.141. The highest BCUT2D eigenvalue weighted by atomic mass is 35.5. The van der Waals surface area contributed by atoms with Crippen molar-refractivity contribution in [1.29, 1.82) is 0 Å². The van der Waals surface area contributed by atoms with E-state index < -0.39 is 16.1 Å². The van der Waals surface area contributed by atoms with E-state index in [1.165, 1.54) is 12.1 Å². The lowest BCUT2D eigenvalue weighted by Gasteiger charge is -2.32. The number of rotatable bonds is 13. The molecule has 0 radical (unpaired) electrons. The molecular formula is C33H33Cl2N3O4S. The minimum absolute atomic E-state index is 0.105. The molecule has 4 rings (SSSR count). The van der Waals surface area contributed by atoms with E-state index >= 15 is 0 Å². The average Bonchev–Trinajstić information content (AvgIpc) is 3.01. The van der Waals surface area contributed by atoms with Crippen LogP contribution in [0.4, 0.5) is 0 Å². The molecule has 0 fully saturated rings. The number of hydrogen-bond acceptors (Lipinski definition) is 4. The molecule has 0 saturated heterocycles. The van der Waals surface area contributed by atoms with Gasteiger partial charge in [0.25, 0.3) is 0 Å². The Bertz CT molecular complexity index is 1630. The lowest BCUT2D eigenvalue weighted by Crippen LogP contribution is -2.43. The summed E-state index contributed by atoms with van der Waals surface area (Å²) in [4.78, 5) is 29.5. The van der Waals surface area contributed by atoms with Gasteiger partial charge in [-0.15, -0.1) is 0 Å². The van der Waals surface area contributed by atoms with Crippen LogP contribution in [0, 0.1) is 0 Å². The number of benzene rings is 4. The molecule has 4 aromatic rings. The summed E-state index contributed by atoms with van der Waals surface area (Å²) in [6, 6.07) is 29.1. The van der Waals surface area contributed by atoms with Gasteiger partial charge in [-0.25, -0.2) is 13.1 Å². The fraction of sp³-hybridized carbons (Fsp3) is 0.212. The summed E-state index contributed by atoms with van der Waals surface area (Å²) in [5.74, 6) is -0.576. The van der Waals surface area contributed by atoms with Crippen LogP contribution in [0.2, 0.25) is 10.0 Å². The van der Waals surface area contributed by atoms with Gasteiger partial charge in [0.2, 0.25) is 21.8 Å². The molecule has 0 bridgehead atoms. The second kappa shape index (κ2) is 15.2. The number of aryl methyl sites for hydroxylation is 1. The summed E-state index contributed by atoms with van der Waals surface area (Å²) in [5, 5.41) is 4.08. The monoisotopic (exact) mass is 637 g/mol. The first-order valence-electron chi connectivity index (χ1n) is 13.9. The number of carbonyl (C=O) groups excluding carboxylic acids is 2. The summed E-state index contributed by atoms with van der Waals surface area (Å²) in [5.41, 5.74) is 3.05. The van der Waals surface area contributed by atoms with Crippen LogP contribution in [0.3, 0.4) is 0 Å². The van der Waals surface area contributed by atoms with E-state index in [1.54, 1.807) is 42.2 Å². The van der Waals surface area contributed by atoms with Gasteiger partial charge in [-0.1, -0.05) is 103 Å². The number of nitrogens with zero attached hydrogens (tertiary/aromatic N) is 1. The van der Waals surface area contributed by atoms with Crippen molar-refractivity contribution in [3.8, 4) is 0 Å². The van der Waals surface area contributed by atoms with Crippen molar-refractivity contribution >= 4 is 45.0 Å². The quantitative estimate of drug-likeness (QED) is 0.180. The predicted molar refractivity (Wildman–Crippen MR) is 170 cm³/mol. The van der Waals surface area contributed by atoms with Crippen LogP contribution in [0.15, 0.2) is 108 Å². The fourth-order valence-electron chi connectivity index (χ4n) is 4.64. The Hall–Kier alpha value is -3.69. The Balaban J connectivity index is 1.60. The minimum Gasteiger partial charge on any atom is -0.350 e. The zero-order valence-corrected chi connectivity index (χ0v) is 26.0. The molecule has 0 aliphatic rings. The Morgan fingerprint density at radius 2 is 1.44 bits per heavy atom. The van der Waals surface area contributed by atoms with Gasteiger partial charge >= 0.3 is 0 Å². The highest BCUT2D eigenvalue weighted by molar-refractivity contribution is 7.89. The lowest BCUT2D eigenvalue weighted by atomic mass is 10.0. The molecule has 10 heteroatoms.